The lowest BCUT2D eigenvalue weighted by atomic mass is 9.65. The molecule has 0 heterocycles. The van der Waals surface area contributed by atoms with Crippen molar-refractivity contribution in [2.75, 3.05) is 4.90 Å². The third kappa shape index (κ3) is 6.76. The number of nitrogens with zero attached hydrogens (tertiary/aromatic N) is 1. The van der Waals surface area contributed by atoms with Gasteiger partial charge in [-0.25, -0.2) is 0 Å². The fourth-order valence-electron chi connectivity index (χ4n) is 12.3. The van der Waals surface area contributed by atoms with Gasteiger partial charge in [0.05, 0.1) is 16.5 Å². The summed E-state index contributed by atoms with van der Waals surface area (Å²) in [5.74, 6) is 0. The average Bonchev–Trinajstić information content (AvgIpc) is 3.92. The van der Waals surface area contributed by atoms with Crippen LogP contribution in [0.15, 0.2) is 256 Å². The van der Waals surface area contributed by atoms with Crippen LogP contribution in [0.5, 0.6) is 0 Å². The van der Waals surface area contributed by atoms with Gasteiger partial charge in [0, 0.05) is 16.9 Å². The molecular weight excluding hydrogens is 855 g/mol. The number of rotatable bonds is 12. The molecule has 12 rings (SSSR count). The maximum Gasteiger partial charge on any atom is 0.0714 e. The van der Waals surface area contributed by atoms with Crippen molar-refractivity contribution >= 4 is 46.9 Å². The summed E-state index contributed by atoms with van der Waals surface area (Å²) in [5.41, 5.74) is 23.7. The second-order valence-corrected chi connectivity index (χ2v) is 18.9. The van der Waals surface area contributed by atoms with Gasteiger partial charge in [-0.05, 0) is 138 Å². The molecule has 0 fully saturated rings. The van der Waals surface area contributed by atoms with Crippen molar-refractivity contribution in [1.29, 1.82) is 0 Å². The summed E-state index contributed by atoms with van der Waals surface area (Å²) in [7, 11) is 0. The number of hydrogen-bond acceptors (Lipinski definition) is 1. The van der Waals surface area contributed by atoms with E-state index in [1.165, 1.54) is 77.9 Å². The van der Waals surface area contributed by atoms with Crippen molar-refractivity contribution in [2.24, 2.45) is 0 Å². The van der Waals surface area contributed by atoms with Crippen molar-refractivity contribution < 1.29 is 0 Å². The van der Waals surface area contributed by atoms with E-state index in [0.717, 1.165) is 52.2 Å². The van der Waals surface area contributed by atoms with Gasteiger partial charge in [-0.3, -0.25) is 0 Å². The zero-order chi connectivity index (χ0) is 48.1. The SMILES string of the molecule is C=Cc1cccc(C2(c3cccc(C=C)c3)C3=C(C=CCC3)c3ccc(N(c4ccc(-c5ccccc5)cc4)c4cccc5c4-c4ccccc4C5(c4cccc(C=C)c4)c4cccc(C=C)c4)cc32)c1. The second kappa shape index (κ2) is 17.6. The predicted octanol–water partition coefficient (Wildman–Crippen LogP) is 18.2. The van der Waals surface area contributed by atoms with Gasteiger partial charge in [-0.1, -0.05) is 245 Å². The molecule has 0 unspecified atom stereocenters. The van der Waals surface area contributed by atoms with Crippen molar-refractivity contribution in [3.63, 3.8) is 0 Å². The monoisotopic (exact) mass is 907 g/mol. The Hall–Kier alpha value is -8.78. The molecule has 0 aliphatic heterocycles. The summed E-state index contributed by atoms with van der Waals surface area (Å²) < 4.78 is 0. The van der Waals surface area contributed by atoms with Crippen LogP contribution in [0.1, 0.15) is 79.6 Å². The fraction of sp³-hybridized carbons (Fsp3) is 0.0571. The molecule has 0 saturated heterocycles. The molecule has 71 heavy (non-hydrogen) atoms. The van der Waals surface area contributed by atoms with Crippen molar-refractivity contribution in [3.8, 4) is 22.3 Å². The van der Waals surface area contributed by atoms with Crippen LogP contribution in [0.4, 0.5) is 17.1 Å². The van der Waals surface area contributed by atoms with Crippen LogP contribution in [-0.4, -0.2) is 0 Å². The Bertz CT molecular complexity index is 3570. The number of hydrogen-bond donors (Lipinski definition) is 0. The maximum absolute atomic E-state index is 4.24. The van der Waals surface area contributed by atoms with E-state index in [1.807, 2.05) is 24.3 Å². The molecular formula is C70H53N. The van der Waals surface area contributed by atoms with Crippen LogP contribution >= 0.6 is 0 Å². The Morgan fingerprint density at radius 1 is 0.394 bits per heavy atom. The molecule has 338 valence electrons. The van der Waals surface area contributed by atoms with E-state index < -0.39 is 10.8 Å². The molecule has 0 amide bonds. The predicted molar refractivity (Wildman–Crippen MR) is 302 cm³/mol. The molecule has 0 N–H and O–H groups in total. The van der Waals surface area contributed by atoms with E-state index in [4.69, 9.17) is 0 Å². The molecule has 0 spiro atoms. The Morgan fingerprint density at radius 3 is 1.49 bits per heavy atom. The summed E-state index contributed by atoms with van der Waals surface area (Å²) in [6.45, 7) is 16.9. The van der Waals surface area contributed by atoms with E-state index >= 15 is 0 Å². The van der Waals surface area contributed by atoms with Gasteiger partial charge in [0.2, 0.25) is 0 Å². The highest BCUT2D eigenvalue weighted by atomic mass is 15.1. The molecule has 0 atom stereocenters. The summed E-state index contributed by atoms with van der Waals surface area (Å²) in [5, 5.41) is 0. The minimum absolute atomic E-state index is 0.584. The van der Waals surface area contributed by atoms with Crippen molar-refractivity contribution in [1.82, 2.24) is 0 Å². The van der Waals surface area contributed by atoms with Crippen LogP contribution in [-0.2, 0) is 10.8 Å². The van der Waals surface area contributed by atoms with Crippen LogP contribution < -0.4 is 4.90 Å². The number of allylic oxidation sites excluding steroid dienone is 4. The van der Waals surface area contributed by atoms with Gasteiger partial charge in [0.25, 0.3) is 0 Å². The lowest BCUT2D eigenvalue weighted by Crippen LogP contribution is -2.31. The number of benzene rings is 9. The minimum atomic E-state index is -0.655. The molecule has 0 aromatic heterocycles. The minimum Gasteiger partial charge on any atom is -0.310 e. The van der Waals surface area contributed by atoms with Crippen molar-refractivity contribution in [3.05, 3.63) is 323 Å². The van der Waals surface area contributed by atoms with Gasteiger partial charge in [0.15, 0.2) is 0 Å². The Labute approximate surface area is 418 Å². The highest BCUT2D eigenvalue weighted by Crippen LogP contribution is 2.62. The zero-order valence-electron chi connectivity index (χ0n) is 39.9. The summed E-state index contributed by atoms with van der Waals surface area (Å²) in [6, 6.07) is 78.9. The third-order valence-corrected chi connectivity index (χ3v) is 15.3. The maximum atomic E-state index is 4.24. The molecule has 1 nitrogen and oxygen atoms in total. The van der Waals surface area contributed by atoms with Crippen molar-refractivity contribution in [2.45, 2.75) is 23.7 Å². The van der Waals surface area contributed by atoms with Crippen LogP contribution in [0.3, 0.4) is 0 Å². The molecule has 0 bridgehead atoms. The Kier molecular flexibility index (Phi) is 10.8. The Morgan fingerprint density at radius 2 is 0.901 bits per heavy atom. The lowest BCUT2D eigenvalue weighted by Gasteiger charge is -2.37. The van der Waals surface area contributed by atoms with E-state index in [1.54, 1.807) is 0 Å². The van der Waals surface area contributed by atoms with Crippen LogP contribution in [0.25, 0.3) is 52.1 Å². The smallest absolute Gasteiger partial charge is 0.0714 e. The fourth-order valence-corrected chi connectivity index (χ4v) is 12.3. The molecule has 1 heteroatoms. The molecule has 9 aromatic rings. The van der Waals surface area contributed by atoms with Gasteiger partial charge >= 0.3 is 0 Å². The normalized spacial score (nSPS) is 14.4. The van der Waals surface area contributed by atoms with Crippen LogP contribution in [0.2, 0.25) is 0 Å². The van der Waals surface area contributed by atoms with E-state index in [2.05, 4.69) is 256 Å². The standard InChI is InChI=1S/C70H53N/c1-5-48-21-16-27-54(43-48)69(55-28-17-22-49(6-2)44-55)64-34-15-13-32-62(64)68-65(69)35-20-36-67(68)71(58-39-37-53(38-40-58)52-25-10-9-11-26-52)59-41-42-61-60-31-12-14-33-63(60)70(66(61)47-59,56-29-18-23-50(7-3)45-56)57-30-19-24-51(8-4)46-57/h5-13,15-32,34-47H,1-4,14,33H2. The number of fused-ring (bicyclic) bond motifs is 5. The molecule has 9 aromatic carbocycles. The first-order valence-corrected chi connectivity index (χ1v) is 24.7. The first-order chi connectivity index (χ1) is 35.0. The first kappa shape index (κ1) is 43.5. The first-order valence-electron chi connectivity index (χ1n) is 24.7. The lowest BCUT2D eigenvalue weighted by molar-refractivity contribution is 0.696. The highest BCUT2D eigenvalue weighted by molar-refractivity contribution is 5.99. The number of anilines is 3. The van der Waals surface area contributed by atoms with Gasteiger partial charge < -0.3 is 4.90 Å². The van der Waals surface area contributed by atoms with E-state index in [-0.39, 0.29) is 0 Å². The second-order valence-electron chi connectivity index (χ2n) is 18.9. The van der Waals surface area contributed by atoms with Gasteiger partial charge in [-0.2, -0.15) is 0 Å². The summed E-state index contributed by atoms with van der Waals surface area (Å²) in [4.78, 5) is 2.51. The molecule has 0 saturated carbocycles. The molecule has 3 aliphatic carbocycles. The quantitative estimate of drug-likeness (QED) is 0.118. The topological polar surface area (TPSA) is 3.24 Å². The summed E-state index contributed by atoms with van der Waals surface area (Å²) >= 11 is 0. The van der Waals surface area contributed by atoms with Crippen LogP contribution in [0, 0.1) is 0 Å². The molecule has 3 aliphatic rings. The average molecular weight is 908 g/mol. The van der Waals surface area contributed by atoms with Gasteiger partial charge in [0.1, 0.15) is 0 Å². The van der Waals surface area contributed by atoms with Gasteiger partial charge in [-0.15, -0.1) is 0 Å². The Balaban J connectivity index is 1.17. The van der Waals surface area contributed by atoms with E-state index in [9.17, 15) is 0 Å². The largest absolute Gasteiger partial charge is 0.310 e. The zero-order valence-corrected chi connectivity index (χ0v) is 39.9. The highest BCUT2D eigenvalue weighted by Gasteiger charge is 2.50. The van der Waals surface area contributed by atoms with E-state index in [0.29, 0.717) is 0 Å². The third-order valence-electron chi connectivity index (χ3n) is 15.3. The summed E-state index contributed by atoms with van der Waals surface area (Å²) in [6.07, 6.45) is 14.5. The molecule has 0 radical (unpaired) electrons.